The topological polar surface area (TPSA) is 34.1 Å². The van der Waals surface area contributed by atoms with Gasteiger partial charge in [-0.05, 0) is 47.4 Å². The molecule has 0 aliphatic heterocycles. The SMILES string of the molecule is CCNC(CCCOC)c1nc2ccccc2cc1Br. The molecule has 1 N–H and O–H groups in total. The van der Waals surface area contributed by atoms with E-state index in [0.29, 0.717) is 0 Å². The molecule has 1 unspecified atom stereocenters. The number of para-hydroxylation sites is 1. The number of ether oxygens (including phenoxy) is 1. The van der Waals surface area contributed by atoms with Gasteiger partial charge in [0.2, 0.25) is 0 Å². The molecule has 1 heterocycles. The fourth-order valence-electron chi connectivity index (χ4n) is 2.36. The number of hydrogen-bond acceptors (Lipinski definition) is 3. The van der Waals surface area contributed by atoms with Crippen LogP contribution in [-0.4, -0.2) is 25.2 Å². The maximum atomic E-state index is 5.15. The Kier molecular flexibility index (Phi) is 5.95. The standard InChI is InChI=1S/C16H21BrN2O/c1-3-18-15(9-6-10-20-2)16-13(17)11-12-7-4-5-8-14(12)19-16/h4-5,7-8,11,15,18H,3,6,9-10H2,1-2H3. The van der Waals surface area contributed by atoms with Gasteiger partial charge in [0.05, 0.1) is 17.3 Å². The van der Waals surface area contributed by atoms with Crippen molar-refractivity contribution in [3.8, 4) is 0 Å². The van der Waals surface area contributed by atoms with Crippen LogP contribution in [0.4, 0.5) is 0 Å². The third-order valence-corrected chi connectivity index (χ3v) is 3.96. The zero-order valence-corrected chi connectivity index (χ0v) is 13.6. The Bertz CT molecular complexity index is 559. The fraction of sp³-hybridized carbons (Fsp3) is 0.438. The second kappa shape index (κ2) is 7.72. The van der Waals surface area contributed by atoms with Gasteiger partial charge < -0.3 is 10.1 Å². The highest BCUT2D eigenvalue weighted by Crippen LogP contribution is 2.28. The smallest absolute Gasteiger partial charge is 0.0722 e. The van der Waals surface area contributed by atoms with E-state index in [-0.39, 0.29) is 6.04 Å². The first-order valence-electron chi connectivity index (χ1n) is 7.03. The van der Waals surface area contributed by atoms with E-state index in [4.69, 9.17) is 9.72 Å². The number of methoxy groups -OCH3 is 1. The monoisotopic (exact) mass is 336 g/mol. The van der Waals surface area contributed by atoms with Crippen LogP contribution < -0.4 is 5.32 Å². The van der Waals surface area contributed by atoms with Crippen LogP contribution in [0.15, 0.2) is 34.8 Å². The molecule has 3 nitrogen and oxygen atoms in total. The van der Waals surface area contributed by atoms with Gasteiger partial charge in [0.15, 0.2) is 0 Å². The Balaban J connectivity index is 2.28. The highest BCUT2D eigenvalue weighted by molar-refractivity contribution is 9.10. The maximum Gasteiger partial charge on any atom is 0.0722 e. The van der Waals surface area contributed by atoms with Crippen LogP contribution in [0.3, 0.4) is 0 Å². The maximum absolute atomic E-state index is 5.15. The van der Waals surface area contributed by atoms with E-state index in [2.05, 4.69) is 46.4 Å². The predicted molar refractivity (Wildman–Crippen MR) is 87.0 cm³/mol. The van der Waals surface area contributed by atoms with Crippen LogP contribution in [0, 0.1) is 0 Å². The van der Waals surface area contributed by atoms with Gasteiger partial charge in [-0.25, -0.2) is 4.98 Å². The molecule has 20 heavy (non-hydrogen) atoms. The summed E-state index contributed by atoms with van der Waals surface area (Å²) in [6, 6.07) is 10.6. The molecule has 0 aliphatic carbocycles. The van der Waals surface area contributed by atoms with E-state index in [1.807, 2.05) is 12.1 Å². The van der Waals surface area contributed by atoms with Crippen LogP contribution in [0.5, 0.6) is 0 Å². The Morgan fingerprint density at radius 1 is 1.35 bits per heavy atom. The zero-order valence-electron chi connectivity index (χ0n) is 12.0. The lowest BCUT2D eigenvalue weighted by atomic mass is 10.1. The second-order valence-corrected chi connectivity index (χ2v) is 5.65. The van der Waals surface area contributed by atoms with Gasteiger partial charge in [-0.1, -0.05) is 25.1 Å². The molecular formula is C16H21BrN2O. The minimum Gasteiger partial charge on any atom is -0.385 e. The quantitative estimate of drug-likeness (QED) is 0.773. The molecule has 0 saturated carbocycles. The van der Waals surface area contributed by atoms with Gasteiger partial charge in [0.25, 0.3) is 0 Å². The summed E-state index contributed by atoms with van der Waals surface area (Å²) in [6.07, 6.45) is 2.04. The summed E-state index contributed by atoms with van der Waals surface area (Å²) in [6.45, 7) is 3.84. The van der Waals surface area contributed by atoms with Gasteiger partial charge in [-0.3, -0.25) is 0 Å². The van der Waals surface area contributed by atoms with Gasteiger partial charge in [0.1, 0.15) is 0 Å². The Hall–Kier alpha value is -0.970. The number of nitrogens with zero attached hydrogens (tertiary/aromatic N) is 1. The summed E-state index contributed by atoms with van der Waals surface area (Å²) in [7, 11) is 1.74. The van der Waals surface area contributed by atoms with Gasteiger partial charge in [0, 0.05) is 23.6 Å². The van der Waals surface area contributed by atoms with Gasteiger partial charge in [-0.15, -0.1) is 0 Å². The predicted octanol–water partition coefficient (Wildman–Crippen LogP) is 4.07. The molecule has 0 aliphatic rings. The van der Waals surface area contributed by atoms with Crippen molar-refractivity contribution in [2.24, 2.45) is 0 Å². The Morgan fingerprint density at radius 3 is 2.90 bits per heavy atom. The molecule has 0 bridgehead atoms. The van der Waals surface area contributed by atoms with E-state index >= 15 is 0 Å². The van der Waals surface area contributed by atoms with E-state index in [0.717, 1.165) is 47.1 Å². The first kappa shape index (κ1) is 15.4. The number of benzene rings is 1. The summed E-state index contributed by atoms with van der Waals surface area (Å²) in [4.78, 5) is 4.82. The molecule has 0 amide bonds. The molecule has 1 aromatic carbocycles. The van der Waals surface area contributed by atoms with Gasteiger partial charge in [-0.2, -0.15) is 0 Å². The van der Waals surface area contributed by atoms with Crippen LogP contribution >= 0.6 is 15.9 Å². The number of rotatable bonds is 7. The molecule has 0 radical (unpaired) electrons. The summed E-state index contributed by atoms with van der Waals surface area (Å²) in [5.74, 6) is 0. The molecule has 1 atom stereocenters. The molecule has 108 valence electrons. The van der Waals surface area contributed by atoms with E-state index < -0.39 is 0 Å². The van der Waals surface area contributed by atoms with E-state index in [1.165, 1.54) is 0 Å². The summed E-state index contributed by atoms with van der Waals surface area (Å²) in [5.41, 5.74) is 2.13. The van der Waals surface area contributed by atoms with Crippen LogP contribution in [-0.2, 0) is 4.74 Å². The van der Waals surface area contributed by atoms with E-state index in [9.17, 15) is 0 Å². The van der Waals surface area contributed by atoms with Crippen molar-refractivity contribution in [1.29, 1.82) is 0 Å². The van der Waals surface area contributed by atoms with Crippen LogP contribution in [0.25, 0.3) is 10.9 Å². The van der Waals surface area contributed by atoms with Crippen molar-refractivity contribution >= 4 is 26.8 Å². The first-order chi connectivity index (χ1) is 9.76. The van der Waals surface area contributed by atoms with Crippen molar-refractivity contribution in [3.05, 3.63) is 40.5 Å². The number of aromatic nitrogens is 1. The van der Waals surface area contributed by atoms with Crippen molar-refractivity contribution in [3.63, 3.8) is 0 Å². The lowest BCUT2D eigenvalue weighted by Gasteiger charge is -2.19. The molecule has 0 fully saturated rings. The summed E-state index contributed by atoms with van der Waals surface area (Å²) >= 11 is 3.66. The Morgan fingerprint density at radius 2 is 2.15 bits per heavy atom. The highest BCUT2D eigenvalue weighted by Gasteiger charge is 2.15. The molecule has 1 aromatic heterocycles. The number of nitrogens with one attached hydrogen (secondary N) is 1. The molecular weight excluding hydrogens is 316 g/mol. The lowest BCUT2D eigenvalue weighted by molar-refractivity contribution is 0.188. The van der Waals surface area contributed by atoms with Crippen molar-refractivity contribution < 1.29 is 4.74 Å². The normalized spacial score (nSPS) is 12.8. The number of hydrogen-bond donors (Lipinski definition) is 1. The molecule has 4 heteroatoms. The highest BCUT2D eigenvalue weighted by atomic mass is 79.9. The minimum absolute atomic E-state index is 0.258. The minimum atomic E-state index is 0.258. The largest absolute Gasteiger partial charge is 0.385 e. The number of pyridine rings is 1. The van der Waals surface area contributed by atoms with Crippen LogP contribution in [0.1, 0.15) is 31.5 Å². The van der Waals surface area contributed by atoms with Crippen LogP contribution in [0.2, 0.25) is 0 Å². The van der Waals surface area contributed by atoms with Crippen molar-refractivity contribution in [1.82, 2.24) is 10.3 Å². The summed E-state index contributed by atoms with van der Waals surface area (Å²) < 4.78 is 6.22. The third-order valence-electron chi connectivity index (χ3n) is 3.33. The molecule has 0 saturated heterocycles. The third kappa shape index (κ3) is 3.78. The number of halogens is 1. The number of fused-ring (bicyclic) bond motifs is 1. The Labute approximate surface area is 128 Å². The first-order valence-corrected chi connectivity index (χ1v) is 7.83. The van der Waals surface area contributed by atoms with Gasteiger partial charge >= 0.3 is 0 Å². The average molecular weight is 337 g/mol. The molecule has 0 spiro atoms. The second-order valence-electron chi connectivity index (χ2n) is 4.79. The van der Waals surface area contributed by atoms with Crippen molar-refractivity contribution in [2.75, 3.05) is 20.3 Å². The van der Waals surface area contributed by atoms with Crippen molar-refractivity contribution in [2.45, 2.75) is 25.8 Å². The fourth-order valence-corrected chi connectivity index (χ4v) is 2.97. The summed E-state index contributed by atoms with van der Waals surface area (Å²) in [5, 5.41) is 4.68. The molecule has 2 rings (SSSR count). The lowest BCUT2D eigenvalue weighted by Crippen LogP contribution is -2.22. The zero-order chi connectivity index (χ0) is 14.4. The molecule has 2 aromatic rings. The van der Waals surface area contributed by atoms with E-state index in [1.54, 1.807) is 7.11 Å². The average Bonchev–Trinajstić information content (AvgIpc) is 2.46.